The molecule has 0 unspecified atom stereocenters. The van der Waals surface area contributed by atoms with Gasteiger partial charge in [0.1, 0.15) is 17.2 Å². The summed E-state index contributed by atoms with van der Waals surface area (Å²) in [5.41, 5.74) is 1.77. The summed E-state index contributed by atoms with van der Waals surface area (Å²) in [5, 5.41) is 9.66. The monoisotopic (exact) mass is 507 g/mol. The fraction of sp³-hybridized carbons (Fsp3) is 0.148. The van der Waals surface area contributed by atoms with Crippen molar-refractivity contribution in [1.29, 1.82) is 0 Å². The lowest BCUT2D eigenvalue weighted by Gasteiger charge is -2.09. The van der Waals surface area contributed by atoms with E-state index in [4.69, 9.17) is 9.47 Å². The minimum atomic E-state index is -4.44. The molecule has 190 valence electrons. The lowest BCUT2D eigenvalue weighted by Crippen LogP contribution is -2.05. The summed E-state index contributed by atoms with van der Waals surface area (Å²) >= 11 is 0. The molecule has 2 aromatic carbocycles. The van der Waals surface area contributed by atoms with Crippen molar-refractivity contribution >= 4 is 11.6 Å². The summed E-state index contributed by atoms with van der Waals surface area (Å²) in [6.07, 6.45) is -2.78. The fourth-order valence-electron chi connectivity index (χ4n) is 3.36. The highest BCUT2D eigenvalue weighted by molar-refractivity contribution is 5.61. The van der Waals surface area contributed by atoms with Gasteiger partial charge >= 0.3 is 6.18 Å². The number of ether oxygens (including phenoxy) is 2. The minimum Gasteiger partial charge on any atom is -0.497 e. The van der Waals surface area contributed by atoms with Crippen molar-refractivity contribution in [1.82, 2.24) is 20.2 Å². The van der Waals surface area contributed by atoms with Gasteiger partial charge in [-0.15, -0.1) is 5.10 Å². The summed E-state index contributed by atoms with van der Waals surface area (Å²) in [6.45, 7) is 3.78. The van der Waals surface area contributed by atoms with Crippen LogP contribution in [0.4, 0.5) is 24.8 Å². The van der Waals surface area contributed by atoms with Crippen LogP contribution in [-0.2, 0) is 6.18 Å². The van der Waals surface area contributed by atoms with E-state index in [1.807, 2.05) is 38.1 Å². The van der Waals surface area contributed by atoms with E-state index in [2.05, 4.69) is 25.5 Å². The Hall–Kier alpha value is -4.60. The van der Waals surface area contributed by atoms with Crippen molar-refractivity contribution in [2.75, 3.05) is 12.4 Å². The number of methoxy groups -OCH3 is 1. The third kappa shape index (κ3) is 6.75. The molecule has 0 aliphatic carbocycles. The Balaban J connectivity index is 1.57. The Morgan fingerprint density at radius 3 is 2.49 bits per heavy atom. The van der Waals surface area contributed by atoms with Gasteiger partial charge in [-0.05, 0) is 61.9 Å². The van der Waals surface area contributed by atoms with E-state index >= 15 is 0 Å². The van der Waals surface area contributed by atoms with Crippen molar-refractivity contribution in [3.63, 3.8) is 0 Å². The van der Waals surface area contributed by atoms with E-state index in [1.165, 1.54) is 12.1 Å². The maximum Gasteiger partial charge on any atom is 0.416 e. The molecule has 2 N–H and O–H groups in total. The molecule has 4 aromatic rings. The molecule has 0 aliphatic rings. The van der Waals surface area contributed by atoms with Gasteiger partial charge in [-0.25, -0.2) is 0 Å². The zero-order valence-corrected chi connectivity index (χ0v) is 20.3. The molecule has 0 spiro atoms. The van der Waals surface area contributed by atoms with Crippen LogP contribution < -0.4 is 14.8 Å². The largest absolute Gasteiger partial charge is 0.497 e. The molecule has 0 saturated carbocycles. The molecule has 7 nitrogen and oxygen atoms in total. The molecule has 10 heteroatoms. The van der Waals surface area contributed by atoms with Gasteiger partial charge in [-0.3, -0.25) is 10.1 Å². The van der Waals surface area contributed by atoms with Gasteiger partial charge in [0.2, 0.25) is 5.95 Å². The van der Waals surface area contributed by atoms with E-state index in [0.29, 0.717) is 28.6 Å². The van der Waals surface area contributed by atoms with Gasteiger partial charge in [0.25, 0.3) is 0 Å². The Kier molecular flexibility index (Phi) is 7.57. The Morgan fingerprint density at radius 1 is 0.892 bits per heavy atom. The molecule has 2 aromatic heterocycles. The average molecular weight is 508 g/mol. The Bertz CT molecular complexity index is 1450. The van der Waals surface area contributed by atoms with E-state index in [9.17, 15) is 13.2 Å². The number of hydrogen-bond donors (Lipinski definition) is 2. The van der Waals surface area contributed by atoms with Crippen molar-refractivity contribution in [2.45, 2.75) is 20.0 Å². The van der Waals surface area contributed by atoms with Crippen LogP contribution in [0.1, 0.15) is 16.8 Å². The SMILES string of the molecule is COc1ccc(C)c(Oc2cccc(-c3nc(Nc4cccc(C(F)(F)F)c4)n[nH]3)c2)ccnc(C)c1. The molecule has 0 radical (unpaired) electrons. The quantitative estimate of drug-likeness (QED) is 0.288. The topological polar surface area (TPSA) is 85.0 Å². The predicted octanol–water partition coefficient (Wildman–Crippen LogP) is 7.17. The number of aromatic amines is 1. The molecular weight excluding hydrogens is 483 g/mol. The van der Waals surface area contributed by atoms with E-state index in [0.717, 1.165) is 23.4 Å². The zero-order chi connectivity index (χ0) is 26.4. The number of anilines is 2. The number of alkyl halides is 3. The first-order chi connectivity index (χ1) is 17.7. The van der Waals surface area contributed by atoms with Gasteiger partial charge < -0.3 is 14.8 Å². The Morgan fingerprint density at radius 2 is 1.70 bits per heavy atom. The van der Waals surface area contributed by atoms with Crippen molar-refractivity contribution in [2.24, 2.45) is 0 Å². The molecule has 0 aliphatic heterocycles. The van der Waals surface area contributed by atoms with Crippen molar-refractivity contribution in [3.8, 4) is 28.6 Å². The van der Waals surface area contributed by atoms with Crippen LogP contribution in [0.3, 0.4) is 0 Å². The lowest BCUT2D eigenvalue weighted by atomic mass is 10.2. The number of nitrogens with zero attached hydrogens (tertiary/aromatic N) is 3. The number of rotatable bonds is 6. The van der Waals surface area contributed by atoms with E-state index in [-0.39, 0.29) is 11.6 Å². The third-order valence-electron chi connectivity index (χ3n) is 5.24. The summed E-state index contributed by atoms with van der Waals surface area (Å²) in [7, 11) is 1.59. The van der Waals surface area contributed by atoms with E-state index < -0.39 is 11.7 Å². The molecule has 2 heterocycles. The molecule has 0 amide bonds. The van der Waals surface area contributed by atoms with Crippen molar-refractivity contribution < 1.29 is 22.6 Å². The van der Waals surface area contributed by atoms with Crippen molar-refractivity contribution in [3.05, 3.63) is 95.8 Å². The second kappa shape index (κ2) is 11.0. The number of aromatic nitrogens is 4. The molecule has 37 heavy (non-hydrogen) atoms. The number of H-pyrrole nitrogens is 1. The average Bonchev–Trinajstić information content (AvgIpc) is 3.33. The van der Waals surface area contributed by atoms with Crippen LogP contribution in [-0.4, -0.2) is 27.3 Å². The summed E-state index contributed by atoms with van der Waals surface area (Å²) < 4.78 is 50.5. The van der Waals surface area contributed by atoms with Crippen LogP contribution in [0.25, 0.3) is 11.4 Å². The highest BCUT2D eigenvalue weighted by Crippen LogP contribution is 2.32. The normalized spacial score (nSPS) is 11.0. The van der Waals surface area contributed by atoms with Gasteiger partial charge in [-0.2, -0.15) is 18.2 Å². The summed E-state index contributed by atoms with van der Waals surface area (Å²) in [4.78, 5) is 8.73. The number of aryl methyl sites for hydroxylation is 2. The third-order valence-corrected chi connectivity index (χ3v) is 5.24. The number of hydrogen-bond acceptors (Lipinski definition) is 6. The predicted molar refractivity (Wildman–Crippen MR) is 135 cm³/mol. The van der Waals surface area contributed by atoms with Gasteiger partial charge in [-0.1, -0.05) is 24.3 Å². The van der Waals surface area contributed by atoms with Crippen LogP contribution in [0.2, 0.25) is 0 Å². The molecule has 0 bridgehead atoms. The van der Waals surface area contributed by atoms with Gasteiger partial charge in [0.15, 0.2) is 5.82 Å². The summed E-state index contributed by atoms with van der Waals surface area (Å²) in [6, 6.07) is 19.3. The molecule has 4 rings (SSSR count). The highest BCUT2D eigenvalue weighted by atomic mass is 19.4. The molecule has 0 fully saturated rings. The standard InChI is InChI=1S/C27H24F3N5O2/c1-17-10-11-22(36-3)14-18(2)31-13-12-24(17)37-23-9-4-6-19(15-23)25-33-26(35-34-25)32-21-8-5-7-20(16-21)27(28,29)30/h4-16H,1-3H3,(H2,32,33,34,35). The first kappa shape index (κ1) is 25.5. The second-order valence-electron chi connectivity index (χ2n) is 8.06. The zero-order valence-electron chi connectivity index (χ0n) is 20.3. The van der Waals surface area contributed by atoms with Crippen LogP contribution in [0.15, 0.2) is 79.0 Å². The number of halogens is 3. The molecule has 0 atom stereocenters. The maximum absolute atomic E-state index is 13.0. The number of nitrogens with one attached hydrogen (secondary N) is 2. The van der Waals surface area contributed by atoms with E-state index in [1.54, 1.807) is 37.6 Å². The Labute approximate surface area is 211 Å². The molecular formula is C27H24F3N5O2. The molecule has 0 saturated heterocycles. The van der Waals surface area contributed by atoms with Crippen LogP contribution >= 0.6 is 0 Å². The van der Waals surface area contributed by atoms with Crippen LogP contribution in [0.5, 0.6) is 17.2 Å². The smallest absolute Gasteiger partial charge is 0.416 e. The first-order valence-electron chi connectivity index (χ1n) is 11.2. The second-order valence-corrected chi connectivity index (χ2v) is 8.06. The van der Waals surface area contributed by atoms with Crippen LogP contribution in [0, 0.1) is 13.8 Å². The summed E-state index contributed by atoms with van der Waals surface area (Å²) in [5.74, 6) is 2.36. The number of benzene rings is 2. The maximum atomic E-state index is 13.0. The highest BCUT2D eigenvalue weighted by Gasteiger charge is 2.30. The van der Waals surface area contributed by atoms with Gasteiger partial charge in [0.05, 0.1) is 12.7 Å². The van der Waals surface area contributed by atoms with Gasteiger partial charge in [0, 0.05) is 29.2 Å². The minimum absolute atomic E-state index is 0.134. The fourth-order valence-corrected chi connectivity index (χ4v) is 3.36. The first-order valence-corrected chi connectivity index (χ1v) is 11.2. The lowest BCUT2D eigenvalue weighted by molar-refractivity contribution is -0.137.